The highest BCUT2D eigenvalue weighted by Gasteiger charge is 2.25. The third kappa shape index (κ3) is 2.98. The lowest BCUT2D eigenvalue weighted by molar-refractivity contribution is 0.0682. The minimum atomic E-state index is -0.116. The molecule has 2 rings (SSSR count). The molecule has 0 aliphatic carbocycles. The molecule has 3 nitrogen and oxygen atoms in total. The van der Waals surface area contributed by atoms with Gasteiger partial charge < -0.3 is 10.0 Å². The Morgan fingerprint density at radius 2 is 2.33 bits per heavy atom. The predicted molar refractivity (Wildman–Crippen MR) is 75.2 cm³/mol. The second kappa shape index (κ2) is 5.93. The molecule has 1 atom stereocenters. The van der Waals surface area contributed by atoms with Gasteiger partial charge in [-0.05, 0) is 37.0 Å². The summed E-state index contributed by atoms with van der Waals surface area (Å²) in [5.41, 5.74) is 0.355. The van der Waals surface area contributed by atoms with Gasteiger partial charge in [-0.25, -0.2) is 0 Å². The van der Waals surface area contributed by atoms with Crippen LogP contribution in [0.3, 0.4) is 0 Å². The van der Waals surface area contributed by atoms with E-state index in [2.05, 4.69) is 15.9 Å². The van der Waals surface area contributed by atoms with Gasteiger partial charge in [0.1, 0.15) is 5.75 Å². The molecule has 1 unspecified atom stereocenters. The summed E-state index contributed by atoms with van der Waals surface area (Å²) in [4.78, 5) is 14.1. The van der Waals surface area contributed by atoms with Crippen LogP contribution in [0.4, 0.5) is 0 Å². The van der Waals surface area contributed by atoms with E-state index in [0.717, 1.165) is 23.9 Å². The number of halogens is 2. The Bertz CT molecular complexity index is 453. The lowest BCUT2D eigenvalue weighted by Gasteiger charge is -2.32. The van der Waals surface area contributed by atoms with Crippen molar-refractivity contribution < 1.29 is 9.90 Å². The number of phenols is 1. The van der Waals surface area contributed by atoms with Crippen LogP contribution in [0.25, 0.3) is 0 Å². The quantitative estimate of drug-likeness (QED) is 0.845. The molecule has 1 aromatic carbocycles. The van der Waals surface area contributed by atoms with E-state index in [1.165, 1.54) is 6.07 Å². The van der Waals surface area contributed by atoms with E-state index >= 15 is 0 Å². The number of piperidine rings is 1. The molecule has 18 heavy (non-hydrogen) atoms. The van der Waals surface area contributed by atoms with E-state index in [9.17, 15) is 9.90 Å². The molecule has 0 spiro atoms. The predicted octanol–water partition coefficient (Wildman–Crippen LogP) is 3.25. The third-order valence-corrected chi connectivity index (χ3v) is 4.14. The van der Waals surface area contributed by atoms with Crippen molar-refractivity contribution in [3.63, 3.8) is 0 Å². The molecule has 1 aliphatic heterocycles. The van der Waals surface area contributed by atoms with E-state index in [-0.39, 0.29) is 11.7 Å². The number of hydrogen-bond donors (Lipinski definition) is 1. The maximum Gasteiger partial charge on any atom is 0.257 e. The normalized spacial score (nSPS) is 19.9. The second-order valence-electron chi connectivity index (χ2n) is 4.58. The van der Waals surface area contributed by atoms with Crippen molar-refractivity contribution >= 4 is 33.4 Å². The fourth-order valence-electron chi connectivity index (χ4n) is 2.23. The molecule has 0 radical (unpaired) electrons. The summed E-state index contributed by atoms with van der Waals surface area (Å²) >= 11 is 9.11. The van der Waals surface area contributed by atoms with Gasteiger partial charge in [0.15, 0.2) is 0 Å². The van der Waals surface area contributed by atoms with Gasteiger partial charge in [0.05, 0.1) is 5.56 Å². The van der Waals surface area contributed by atoms with Crippen LogP contribution in [0.1, 0.15) is 23.2 Å². The summed E-state index contributed by atoms with van der Waals surface area (Å²) in [6, 6.07) is 4.94. The van der Waals surface area contributed by atoms with E-state index in [1.807, 2.05) is 0 Å². The molecule has 1 saturated heterocycles. The molecule has 1 fully saturated rings. The van der Waals surface area contributed by atoms with Crippen LogP contribution in [0.2, 0.25) is 0 Å². The number of carbonyl (C=O) groups is 1. The molecule has 1 N–H and O–H groups in total. The Kier molecular flexibility index (Phi) is 4.51. The van der Waals surface area contributed by atoms with Crippen molar-refractivity contribution in [1.82, 2.24) is 4.90 Å². The zero-order valence-corrected chi connectivity index (χ0v) is 12.2. The zero-order chi connectivity index (χ0) is 13.1. The number of aromatic hydroxyl groups is 1. The number of phenolic OH excluding ortho intramolecular Hbond substituents is 1. The minimum Gasteiger partial charge on any atom is -0.507 e. The summed E-state index contributed by atoms with van der Waals surface area (Å²) in [6.07, 6.45) is 2.04. The number of likely N-dealkylation sites (tertiary alicyclic amines) is 1. The smallest absolute Gasteiger partial charge is 0.257 e. The van der Waals surface area contributed by atoms with Crippen molar-refractivity contribution in [2.45, 2.75) is 12.8 Å². The zero-order valence-electron chi connectivity index (χ0n) is 9.90. The molecule has 1 aliphatic rings. The maximum atomic E-state index is 12.3. The molecule has 1 heterocycles. The number of amides is 1. The van der Waals surface area contributed by atoms with Gasteiger partial charge in [-0.1, -0.05) is 15.9 Å². The van der Waals surface area contributed by atoms with Crippen molar-refractivity contribution in [3.05, 3.63) is 28.2 Å². The van der Waals surface area contributed by atoms with Gasteiger partial charge in [0.2, 0.25) is 0 Å². The Morgan fingerprint density at radius 1 is 1.56 bits per heavy atom. The third-order valence-electron chi connectivity index (χ3n) is 3.21. The first-order valence-corrected chi connectivity index (χ1v) is 7.28. The summed E-state index contributed by atoms with van der Waals surface area (Å²) in [5.74, 6) is 0.843. The molecule has 0 aromatic heterocycles. The Balaban J connectivity index is 2.15. The van der Waals surface area contributed by atoms with Gasteiger partial charge in [-0.2, -0.15) is 0 Å². The van der Waals surface area contributed by atoms with Gasteiger partial charge in [-0.15, -0.1) is 11.6 Å². The molecular weight excluding hydrogens is 318 g/mol. The van der Waals surface area contributed by atoms with E-state index in [1.54, 1.807) is 17.0 Å². The lowest BCUT2D eigenvalue weighted by Crippen LogP contribution is -2.40. The first kappa shape index (κ1) is 13.7. The Hall–Kier alpha value is -0.740. The van der Waals surface area contributed by atoms with Crippen molar-refractivity contribution in [1.29, 1.82) is 0 Å². The van der Waals surface area contributed by atoms with E-state index < -0.39 is 0 Å². The largest absolute Gasteiger partial charge is 0.507 e. The first-order chi connectivity index (χ1) is 8.61. The fourth-order valence-corrected chi connectivity index (χ4v) is 2.83. The monoisotopic (exact) mass is 331 g/mol. The molecule has 0 bridgehead atoms. The average molecular weight is 333 g/mol. The van der Waals surface area contributed by atoms with Crippen LogP contribution in [-0.4, -0.2) is 34.9 Å². The molecule has 5 heteroatoms. The number of carbonyl (C=O) groups excluding carboxylic acids is 1. The Morgan fingerprint density at radius 3 is 3.00 bits per heavy atom. The first-order valence-electron chi connectivity index (χ1n) is 5.95. The van der Waals surface area contributed by atoms with Gasteiger partial charge in [-0.3, -0.25) is 4.79 Å². The summed E-state index contributed by atoms with van der Waals surface area (Å²) in [6.45, 7) is 1.42. The minimum absolute atomic E-state index is 0.0161. The highest BCUT2D eigenvalue weighted by molar-refractivity contribution is 9.10. The van der Waals surface area contributed by atoms with Crippen LogP contribution in [-0.2, 0) is 0 Å². The number of benzene rings is 1. The summed E-state index contributed by atoms with van der Waals surface area (Å²) < 4.78 is 0.758. The van der Waals surface area contributed by atoms with Gasteiger partial charge >= 0.3 is 0 Å². The molecule has 1 aromatic rings. The van der Waals surface area contributed by atoms with Crippen molar-refractivity contribution in [3.8, 4) is 5.75 Å². The number of nitrogens with zero attached hydrogens (tertiary/aromatic N) is 1. The Labute approximate surface area is 120 Å². The standard InChI is InChI=1S/C13H15BrClNO2/c14-10-3-4-11(12(17)6-10)13(18)16-5-1-2-9(7-15)8-16/h3-4,6,9,17H,1-2,5,7-8H2. The maximum absolute atomic E-state index is 12.3. The molecule has 0 saturated carbocycles. The summed E-state index contributed by atoms with van der Waals surface area (Å²) in [7, 11) is 0. The molecule has 1 amide bonds. The van der Waals surface area contributed by atoms with Gasteiger partial charge in [0, 0.05) is 23.4 Å². The SMILES string of the molecule is O=C(c1ccc(Br)cc1O)N1CCCC(CCl)C1. The highest BCUT2D eigenvalue weighted by Crippen LogP contribution is 2.26. The van der Waals surface area contributed by atoms with Crippen molar-refractivity contribution in [2.24, 2.45) is 5.92 Å². The second-order valence-corrected chi connectivity index (χ2v) is 5.80. The van der Waals surface area contributed by atoms with Crippen LogP contribution in [0, 0.1) is 5.92 Å². The average Bonchev–Trinajstić information content (AvgIpc) is 2.38. The molecule has 98 valence electrons. The van der Waals surface area contributed by atoms with Crippen LogP contribution in [0.5, 0.6) is 5.75 Å². The lowest BCUT2D eigenvalue weighted by atomic mass is 9.99. The van der Waals surface area contributed by atoms with Crippen LogP contribution < -0.4 is 0 Å². The summed E-state index contributed by atoms with van der Waals surface area (Å²) in [5, 5.41) is 9.81. The number of alkyl halides is 1. The van der Waals surface area contributed by atoms with Gasteiger partial charge in [0.25, 0.3) is 5.91 Å². The van der Waals surface area contributed by atoms with Crippen molar-refractivity contribution in [2.75, 3.05) is 19.0 Å². The number of rotatable bonds is 2. The van der Waals surface area contributed by atoms with E-state index in [4.69, 9.17) is 11.6 Å². The van der Waals surface area contributed by atoms with Crippen LogP contribution in [0.15, 0.2) is 22.7 Å². The number of hydrogen-bond acceptors (Lipinski definition) is 2. The van der Waals surface area contributed by atoms with Crippen LogP contribution >= 0.6 is 27.5 Å². The van der Waals surface area contributed by atoms with E-state index in [0.29, 0.717) is 23.9 Å². The fraction of sp³-hybridized carbons (Fsp3) is 0.462. The highest BCUT2D eigenvalue weighted by atomic mass is 79.9. The molecular formula is C13H15BrClNO2. The topological polar surface area (TPSA) is 40.5 Å².